The van der Waals surface area contributed by atoms with Gasteiger partial charge in [0.2, 0.25) is 0 Å². The summed E-state index contributed by atoms with van der Waals surface area (Å²) < 4.78 is 11.2. The van der Waals surface area contributed by atoms with Crippen LogP contribution in [-0.2, 0) is 19.1 Å². The molecule has 0 aromatic carbocycles. The van der Waals surface area contributed by atoms with E-state index >= 15 is 0 Å². The number of methoxy groups -OCH3 is 1. The number of aliphatic carboxylic acids is 1. The molecule has 0 amide bonds. The first-order valence-corrected chi connectivity index (χ1v) is 18.7. The van der Waals surface area contributed by atoms with E-state index in [2.05, 4.69) is 167 Å². The lowest BCUT2D eigenvalue weighted by Crippen LogP contribution is -2.33. The summed E-state index contributed by atoms with van der Waals surface area (Å²) in [5.74, 6) is -1.05. The molecule has 0 aliphatic heterocycles. The van der Waals surface area contributed by atoms with Gasteiger partial charge in [0.25, 0.3) is 0 Å². The number of hydrogen-bond acceptors (Lipinski definition) is 4. The third kappa shape index (κ3) is 18.0. The molecular formula is C47H68O5. The van der Waals surface area contributed by atoms with E-state index in [9.17, 15) is 9.59 Å². The number of allylic oxidation sites excluding steroid dienone is 21. The van der Waals surface area contributed by atoms with Gasteiger partial charge in [-0.15, -0.1) is 0 Å². The van der Waals surface area contributed by atoms with E-state index in [4.69, 9.17) is 14.6 Å². The Labute approximate surface area is 316 Å². The number of carbonyl (C=O) groups is 2. The first kappa shape index (κ1) is 46.1. The maximum Gasteiger partial charge on any atom is 0.306 e. The lowest BCUT2D eigenvalue weighted by atomic mass is 9.67. The highest BCUT2D eigenvalue weighted by Crippen LogP contribution is 2.42. The zero-order valence-corrected chi connectivity index (χ0v) is 34.5. The summed E-state index contributed by atoms with van der Waals surface area (Å²) >= 11 is 0. The highest BCUT2D eigenvalue weighted by molar-refractivity contribution is 5.76. The van der Waals surface area contributed by atoms with E-state index in [0.29, 0.717) is 18.8 Å². The van der Waals surface area contributed by atoms with Crippen molar-refractivity contribution >= 4 is 11.9 Å². The van der Waals surface area contributed by atoms with E-state index in [1.165, 1.54) is 27.9 Å². The molecule has 1 N–H and O–H groups in total. The molecule has 0 aromatic heterocycles. The molecule has 1 rings (SSSR count). The summed E-state index contributed by atoms with van der Waals surface area (Å²) in [5.41, 5.74) is 8.37. The third-order valence-electron chi connectivity index (χ3n) is 9.44. The van der Waals surface area contributed by atoms with Gasteiger partial charge in [-0.1, -0.05) is 159 Å². The van der Waals surface area contributed by atoms with Gasteiger partial charge in [0.15, 0.2) is 0 Å². The fraction of sp³-hybridized carbons (Fsp3) is 0.489. The van der Waals surface area contributed by atoms with Crippen molar-refractivity contribution in [3.05, 3.63) is 130 Å². The Morgan fingerprint density at radius 1 is 0.846 bits per heavy atom. The van der Waals surface area contributed by atoms with E-state index in [0.717, 1.165) is 17.6 Å². The molecule has 0 saturated heterocycles. The minimum atomic E-state index is -0.997. The second-order valence-electron chi connectivity index (χ2n) is 15.7. The molecule has 0 heterocycles. The van der Waals surface area contributed by atoms with Gasteiger partial charge in [-0.05, 0) is 84.1 Å². The van der Waals surface area contributed by atoms with Crippen LogP contribution in [-0.4, -0.2) is 36.4 Å². The molecule has 0 radical (unpaired) electrons. The molecule has 3 atom stereocenters. The second-order valence-corrected chi connectivity index (χ2v) is 15.7. The van der Waals surface area contributed by atoms with Crippen LogP contribution in [0, 0.1) is 16.7 Å². The van der Waals surface area contributed by atoms with Gasteiger partial charge in [0.05, 0.1) is 18.9 Å². The number of carboxylic acid groups (broad SMARTS) is 1. The molecule has 286 valence electrons. The third-order valence-corrected chi connectivity index (χ3v) is 9.44. The maximum absolute atomic E-state index is 12.2. The summed E-state index contributed by atoms with van der Waals surface area (Å²) in [6.45, 7) is 25.8. The van der Waals surface area contributed by atoms with E-state index in [1.54, 1.807) is 7.11 Å². The van der Waals surface area contributed by atoms with Crippen molar-refractivity contribution in [3.63, 3.8) is 0 Å². The summed E-state index contributed by atoms with van der Waals surface area (Å²) in [4.78, 5) is 23.0. The van der Waals surface area contributed by atoms with Crippen molar-refractivity contribution in [1.29, 1.82) is 0 Å². The minimum Gasteiger partial charge on any atom is -0.481 e. The molecule has 0 aromatic rings. The molecule has 1 aliphatic carbocycles. The molecule has 0 saturated carbocycles. The van der Waals surface area contributed by atoms with Gasteiger partial charge in [-0.2, -0.15) is 0 Å². The van der Waals surface area contributed by atoms with E-state index in [-0.39, 0.29) is 35.9 Å². The number of ether oxygens (including phenoxy) is 2. The largest absolute Gasteiger partial charge is 0.481 e. The Bertz CT molecular complexity index is 1540. The SMILES string of the molecule is CCC(CC(C)(C)C(/C=C/C(C)=C/C=C/C(C)=C/C=C/C=C(C)/C=C/C=C(C)/C=C/C1C(C)=CC(OC)CC1(C)C)=C(C)C)OC(=O)CCC(=O)O. The van der Waals surface area contributed by atoms with Crippen LogP contribution >= 0.6 is 0 Å². The number of esters is 1. The number of carbonyl (C=O) groups excluding carboxylic acids is 1. The smallest absolute Gasteiger partial charge is 0.306 e. The van der Waals surface area contributed by atoms with Crippen LogP contribution in [0.3, 0.4) is 0 Å². The predicted octanol–water partition coefficient (Wildman–Crippen LogP) is 12.5. The number of hydrogen-bond donors (Lipinski definition) is 1. The van der Waals surface area contributed by atoms with Crippen LogP contribution in [0.25, 0.3) is 0 Å². The van der Waals surface area contributed by atoms with Gasteiger partial charge >= 0.3 is 11.9 Å². The van der Waals surface area contributed by atoms with Crippen molar-refractivity contribution in [2.75, 3.05) is 7.11 Å². The monoisotopic (exact) mass is 713 g/mol. The molecule has 3 unspecified atom stereocenters. The summed E-state index contributed by atoms with van der Waals surface area (Å²) in [6, 6.07) is 0. The first-order chi connectivity index (χ1) is 24.3. The first-order valence-electron chi connectivity index (χ1n) is 18.7. The quantitative estimate of drug-likeness (QED) is 0.0820. The Morgan fingerprint density at radius 3 is 1.85 bits per heavy atom. The lowest BCUT2D eigenvalue weighted by Gasteiger charge is -2.39. The van der Waals surface area contributed by atoms with Crippen molar-refractivity contribution in [2.24, 2.45) is 16.7 Å². The topological polar surface area (TPSA) is 72.8 Å². The van der Waals surface area contributed by atoms with Crippen LogP contribution in [0.2, 0.25) is 0 Å². The molecule has 0 spiro atoms. The maximum atomic E-state index is 12.2. The summed E-state index contributed by atoms with van der Waals surface area (Å²) in [5, 5.41) is 8.86. The van der Waals surface area contributed by atoms with Crippen LogP contribution in [0.5, 0.6) is 0 Å². The Kier molecular flexibility index (Phi) is 20.3. The molecule has 52 heavy (non-hydrogen) atoms. The van der Waals surface area contributed by atoms with Crippen LogP contribution < -0.4 is 0 Å². The van der Waals surface area contributed by atoms with Crippen molar-refractivity contribution < 1.29 is 24.2 Å². The molecule has 5 nitrogen and oxygen atoms in total. The fourth-order valence-corrected chi connectivity index (χ4v) is 6.56. The molecule has 5 heteroatoms. The summed E-state index contributed by atoms with van der Waals surface area (Å²) in [7, 11) is 1.79. The van der Waals surface area contributed by atoms with Crippen molar-refractivity contribution in [1.82, 2.24) is 0 Å². The van der Waals surface area contributed by atoms with Gasteiger partial charge < -0.3 is 14.6 Å². The van der Waals surface area contributed by atoms with Crippen molar-refractivity contribution in [3.8, 4) is 0 Å². The molecule has 1 aliphatic rings. The Hall–Kier alpha value is -3.96. The molecular weight excluding hydrogens is 645 g/mol. The summed E-state index contributed by atoms with van der Waals surface area (Å²) in [6.07, 6.45) is 34.0. The zero-order chi connectivity index (χ0) is 39.5. The van der Waals surface area contributed by atoms with Crippen LogP contribution in [0.4, 0.5) is 0 Å². The molecule has 0 bridgehead atoms. The zero-order valence-electron chi connectivity index (χ0n) is 34.5. The number of carboxylic acids is 1. The minimum absolute atomic E-state index is 0.107. The normalized spacial score (nSPS) is 20.1. The highest BCUT2D eigenvalue weighted by Gasteiger charge is 2.35. The molecule has 0 fully saturated rings. The second kappa shape index (κ2) is 22.9. The fourth-order valence-electron chi connectivity index (χ4n) is 6.56. The van der Waals surface area contributed by atoms with Crippen LogP contribution in [0.15, 0.2) is 130 Å². The van der Waals surface area contributed by atoms with Crippen molar-refractivity contribution in [2.45, 2.75) is 127 Å². The number of rotatable bonds is 19. The average molecular weight is 713 g/mol. The Balaban J connectivity index is 2.78. The van der Waals surface area contributed by atoms with Gasteiger partial charge in [-0.3, -0.25) is 9.59 Å². The van der Waals surface area contributed by atoms with E-state index < -0.39 is 11.9 Å². The van der Waals surface area contributed by atoms with Gasteiger partial charge in [-0.25, -0.2) is 0 Å². The van der Waals surface area contributed by atoms with Gasteiger partial charge in [0, 0.05) is 13.0 Å². The lowest BCUT2D eigenvalue weighted by molar-refractivity contribution is -0.153. The highest BCUT2D eigenvalue weighted by atomic mass is 16.5. The van der Waals surface area contributed by atoms with E-state index in [1.807, 2.05) is 6.92 Å². The average Bonchev–Trinajstić information content (AvgIpc) is 3.04. The van der Waals surface area contributed by atoms with Crippen LogP contribution in [0.1, 0.15) is 115 Å². The standard InChI is InChI=1S/C47H68O5/c1-14-40(52-45(50)30-29-44(48)49)32-46(9,10)42(34(2)3)27-25-37(6)23-17-21-35(4)19-15-16-20-36(5)22-18-24-38(7)26-28-43-39(8)31-41(51-13)33-47(43,11)12/h15-28,31,40-41,43H,14,29-30,32-33H2,1-13H3,(H,48,49)/b16-15+,21-17+,22-18+,27-25+,28-26+,35-19+,36-20+,37-23+,38-24+. The Morgan fingerprint density at radius 2 is 1.37 bits per heavy atom. The predicted molar refractivity (Wildman–Crippen MR) is 221 cm³/mol. The van der Waals surface area contributed by atoms with Gasteiger partial charge in [0.1, 0.15) is 6.10 Å².